The molecule has 0 aromatic rings. The predicted octanol–water partition coefficient (Wildman–Crippen LogP) is 1.38. The number of methoxy groups -OCH3 is 1. The molecule has 1 aliphatic heterocycles. The van der Waals surface area contributed by atoms with Gasteiger partial charge in [0.15, 0.2) is 0 Å². The van der Waals surface area contributed by atoms with E-state index in [0.29, 0.717) is 26.2 Å². The van der Waals surface area contributed by atoms with Crippen molar-refractivity contribution in [3.05, 3.63) is 0 Å². The smallest absolute Gasteiger partial charge is 0.308 e. The van der Waals surface area contributed by atoms with Crippen LogP contribution in [0.25, 0.3) is 0 Å². The van der Waals surface area contributed by atoms with Crippen LogP contribution in [-0.4, -0.2) is 39.0 Å². The Morgan fingerprint density at radius 3 is 2.87 bits per heavy atom. The molecular weight excluding hydrogens is 196 g/mol. The van der Waals surface area contributed by atoms with E-state index in [1.807, 2.05) is 0 Å². The maximum Gasteiger partial charge on any atom is 0.308 e. The molecule has 1 aliphatic rings. The third-order valence-corrected chi connectivity index (χ3v) is 2.60. The van der Waals surface area contributed by atoms with Gasteiger partial charge in [-0.25, -0.2) is 0 Å². The molecule has 0 bridgehead atoms. The molecule has 1 rings (SSSR count). The van der Waals surface area contributed by atoms with E-state index >= 15 is 0 Å². The van der Waals surface area contributed by atoms with Crippen LogP contribution in [0.2, 0.25) is 0 Å². The molecule has 0 N–H and O–H groups in total. The molecule has 1 fully saturated rings. The molecule has 15 heavy (non-hydrogen) atoms. The third kappa shape index (κ3) is 4.18. The van der Waals surface area contributed by atoms with Crippen molar-refractivity contribution < 1.29 is 19.0 Å². The fourth-order valence-corrected chi connectivity index (χ4v) is 1.84. The Morgan fingerprint density at radius 1 is 1.53 bits per heavy atom. The Morgan fingerprint density at radius 2 is 2.33 bits per heavy atom. The number of hydrogen-bond donors (Lipinski definition) is 0. The summed E-state index contributed by atoms with van der Waals surface area (Å²) < 4.78 is 15.6. The fraction of sp³-hybridized carbons (Fsp3) is 0.909. The highest BCUT2D eigenvalue weighted by Crippen LogP contribution is 2.18. The number of rotatable bonds is 5. The normalized spacial score (nSPS) is 23.5. The minimum Gasteiger partial charge on any atom is -0.469 e. The number of carbonyl (C=O) groups is 1. The predicted molar refractivity (Wildman–Crippen MR) is 55.6 cm³/mol. The van der Waals surface area contributed by atoms with Crippen molar-refractivity contribution in [3.8, 4) is 0 Å². The van der Waals surface area contributed by atoms with Gasteiger partial charge in [-0.1, -0.05) is 13.3 Å². The van der Waals surface area contributed by atoms with E-state index in [1.165, 1.54) is 7.11 Å². The summed E-state index contributed by atoms with van der Waals surface area (Å²) in [6, 6.07) is 0. The molecule has 1 saturated heterocycles. The molecule has 0 saturated carbocycles. The van der Waals surface area contributed by atoms with Gasteiger partial charge in [-0.3, -0.25) is 4.79 Å². The number of ether oxygens (including phenoxy) is 3. The quantitative estimate of drug-likeness (QED) is 0.651. The van der Waals surface area contributed by atoms with Crippen molar-refractivity contribution in [2.75, 3.05) is 26.9 Å². The van der Waals surface area contributed by atoms with Gasteiger partial charge in [0.1, 0.15) is 0 Å². The van der Waals surface area contributed by atoms with E-state index in [-0.39, 0.29) is 18.0 Å². The summed E-state index contributed by atoms with van der Waals surface area (Å²) in [5.41, 5.74) is 0. The lowest BCUT2D eigenvalue weighted by atomic mass is 9.96. The maximum absolute atomic E-state index is 11.5. The maximum atomic E-state index is 11.5. The van der Waals surface area contributed by atoms with Gasteiger partial charge in [-0.2, -0.15) is 0 Å². The van der Waals surface area contributed by atoms with E-state index in [4.69, 9.17) is 14.2 Å². The molecule has 0 amide bonds. The fourth-order valence-electron chi connectivity index (χ4n) is 1.84. The molecular formula is C11H20O4. The summed E-state index contributed by atoms with van der Waals surface area (Å²) >= 11 is 0. The van der Waals surface area contributed by atoms with Crippen molar-refractivity contribution in [2.24, 2.45) is 5.92 Å². The van der Waals surface area contributed by atoms with Crippen molar-refractivity contribution in [1.29, 1.82) is 0 Å². The summed E-state index contributed by atoms with van der Waals surface area (Å²) in [7, 11) is 1.43. The van der Waals surface area contributed by atoms with Crippen LogP contribution in [0, 0.1) is 5.92 Å². The van der Waals surface area contributed by atoms with Crippen LogP contribution >= 0.6 is 0 Å². The van der Waals surface area contributed by atoms with Gasteiger partial charge in [0.25, 0.3) is 0 Å². The first-order chi connectivity index (χ1) is 7.27. The largest absolute Gasteiger partial charge is 0.469 e. The Balaban J connectivity index is 2.38. The summed E-state index contributed by atoms with van der Waals surface area (Å²) in [5.74, 6) is -0.183. The molecule has 4 heteroatoms. The zero-order valence-electron chi connectivity index (χ0n) is 9.53. The molecule has 1 heterocycles. The Bertz CT molecular complexity index is 187. The van der Waals surface area contributed by atoms with E-state index in [1.54, 1.807) is 0 Å². The summed E-state index contributed by atoms with van der Waals surface area (Å²) in [4.78, 5) is 11.5. The van der Waals surface area contributed by atoms with Gasteiger partial charge in [-0.15, -0.1) is 0 Å². The highest BCUT2D eigenvalue weighted by molar-refractivity contribution is 5.72. The first-order valence-corrected chi connectivity index (χ1v) is 5.55. The molecule has 0 aromatic heterocycles. The van der Waals surface area contributed by atoms with Crippen LogP contribution < -0.4 is 0 Å². The van der Waals surface area contributed by atoms with Crippen LogP contribution in [0.3, 0.4) is 0 Å². The van der Waals surface area contributed by atoms with Crippen LogP contribution in [0.5, 0.6) is 0 Å². The van der Waals surface area contributed by atoms with E-state index < -0.39 is 0 Å². The van der Waals surface area contributed by atoms with Gasteiger partial charge in [0.05, 0.1) is 39.0 Å². The lowest BCUT2D eigenvalue weighted by molar-refractivity contribution is -0.149. The average molecular weight is 216 g/mol. The minimum absolute atomic E-state index is 0.0494. The Hall–Kier alpha value is -0.610. The van der Waals surface area contributed by atoms with Gasteiger partial charge in [0, 0.05) is 0 Å². The zero-order valence-corrected chi connectivity index (χ0v) is 9.53. The topological polar surface area (TPSA) is 44.8 Å². The first-order valence-electron chi connectivity index (χ1n) is 5.55. The standard InChI is InChI=1S/C11H20O4/c1-3-4-9(11(12)13-2)7-10-8-14-5-6-15-10/h9-10H,3-8H2,1-2H3. The molecule has 0 aromatic carbocycles. The molecule has 0 radical (unpaired) electrons. The van der Waals surface area contributed by atoms with Gasteiger partial charge in [-0.05, 0) is 12.8 Å². The summed E-state index contributed by atoms with van der Waals surface area (Å²) in [5, 5.41) is 0. The molecule has 88 valence electrons. The van der Waals surface area contributed by atoms with Crippen molar-refractivity contribution in [3.63, 3.8) is 0 Å². The highest BCUT2D eigenvalue weighted by Gasteiger charge is 2.25. The second-order valence-electron chi connectivity index (χ2n) is 3.81. The van der Waals surface area contributed by atoms with Crippen molar-refractivity contribution >= 4 is 5.97 Å². The SMILES string of the molecule is CCCC(CC1COCCO1)C(=O)OC. The van der Waals surface area contributed by atoms with E-state index in [0.717, 1.165) is 12.8 Å². The second kappa shape index (κ2) is 6.80. The average Bonchev–Trinajstić information content (AvgIpc) is 2.29. The molecule has 0 aliphatic carbocycles. The van der Waals surface area contributed by atoms with Crippen molar-refractivity contribution in [1.82, 2.24) is 0 Å². The number of esters is 1. The molecule has 2 unspecified atom stereocenters. The minimum atomic E-state index is -0.133. The zero-order chi connectivity index (χ0) is 11.1. The van der Waals surface area contributed by atoms with Crippen LogP contribution in [0.15, 0.2) is 0 Å². The van der Waals surface area contributed by atoms with Gasteiger partial charge >= 0.3 is 5.97 Å². The van der Waals surface area contributed by atoms with Gasteiger partial charge < -0.3 is 14.2 Å². The Labute approximate surface area is 90.9 Å². The van der Waals surface area contributed by atoms with Crippen LogP contribution in [0.4, 0.5) is 0 Å². The number of hydrogen-bond acceptors (Lipinski definition) is 4. The molecule has 0 spiro atoms. The lowest BCUT2D eigenvalue weighted by Gasteiger charge is -2.25. The van der Waals surface area contributed by atoms with Crippen molar-refractivity contribution in [2.45, 2.75) is 32.3 Å². The highest BCUT2D eigenvalue weighted by atomic mass is 16.6. The second-order valence-corrected chi connectivity index (χ2v) is 3.81. The van der Waals surface area contributed by atoms with Crippen LogP contribution in [0.1, 0.15) is 26.2 Å². The lowest BCUT2D eigenvalue weighted by Crippen LogP contribution is -2.32. The molecule has 4 nitrogen and oxygen atoms in total. The monoisotopic (exact) mass is 216 g/mol. The Kier molecular flexibility index (Phi) is 5.65. The van der Waals surface area contributed by atoms with E-state index in [9.17, 15) is 4.79 Å². The summed E-state index contributed by atoms with van der Waals surface area (Å²) in [6.45, 7) is 3.95. The molecule has 2 atom stereocenters. The number of carbonyl (C=O) groups excluding carboxylic acids is 1. The van der Waals surface area contributed by atoms with E-state index in [2.05, 4.69) is 6.92 Å². The first kappa shape index (κ1) is 12.5. The summed E-state index contributed by atoms with van der Waals surface area (Å²) in [6.07, 6.45) is 2.59. The van der Waals surface area contributed by atoms with Crippen LogP contribution in [-0.2, 0) is 19.0 Å². The third-order valence-electron chi connectivity index (χ3n) is 2.60. The van der Waals surface area contributed by atoms with Gasteiger partial charge in [0.2, 0.25) is 0 Å².